The minimum atomic E-state index is -0.750. The molecule has 2 saturated heterocycles. The van der Waals surface area contributed by atoms with E-state index in [9.17, 15) is 4.79 Å². The van der Waals surface area contributed by atoms with Gasteiger partial charge in [-0.1, -0.05) is 0 Å². The molecule has 0 atom stereocenters. The van der Waals surface area contributed by atoms with Crippen LogP contribution in [0.2, 0.25) is 0 Å². The van der Waals surface area contributed by atoms with Crippen molar-refractivity contribution >= 4 is 18.4 Å². The molecule has 6 heteroatoms. The summed E-state index contributed by atoms with van der Waals surface area (Å²) >= 11 is 0. The van der Waals surface area contributed by atoms with Gasteiger partial charge in [0.05, 0.1) is 19.8 Å². The first-order valence-corrected chi connectivity index (χ1v) is 4.89. The molecule has 2 heterocycles. The lowest BCUT2D eigenvalue weighted by Crippen LogP contribution is -2.43. The van der Waals surface area contributed by atoms with Crippen LogP contribution in [0, 0.1) is 5.41 Å². The zero-order valence-electron chi connectivity index (χ0n) is 8.48. The molecule has 0 bridgehead atoms. The number of rotatable bonds is 2. The van der Waals surface area contributed by atoms with E-state index in [2.05, 4.69) is 0 Å². The van der Waals surface area contributed by atoms with Crippen molar-refractivity contribution in [3.63, 3.8) is 0 Å². The number of carboxylic acids is 1. The summed E-state index contributed by atoms with van der Waals surface area (Å²) in [7, 11) is 0. The van der Waals surface area contributed by atoms with Gasteiger partial charge in [0.1, 0.15) is 0 Å². The Hall–Kier alpha value is -0.360. The molecule has 0 radical (unpaired) electrons. The van der Waals surface area contributed by atoms with Crippen LogP contribution in [0.3, 0.4) is 0 Å². The van der Waals surface area contributed by atoms with E-state index in [0.29, 0.717) is 13.2 Å². The summed E-state index contributed by atoms with van der Waals surface area (Å²) in [6.07, 6.45) is 1.94. The molecule has 2 aliphatic rings. The van der Waals surface area contributed by atoms with E-state index in [1.807, 2.05) is 4.90 Å². The third-order valence-electron chi connectivity index (χ3n) is 3.09. The average Bonchev–Trinajstić information content (AvgIpc) is 2.58. The maximum atomic E-state index is 10.5. The largest absolute Gasteiger partial charge is 0.480 e. The van der Waals surface area contributed by atoms with E-state index in [1.165, 1.54) is 0 Å². The van der Waals surface area contributed by atoms with Crippen LogP contribution in [-0.2, 0) is 14.6 Å². The molecule has 0 aliphatic carbocycles. The quantitative estimate of drug-likeness (QED) is 0.711. The van der Waals surface area contributed by atoms with Gasteiger partial charge in [-0.3, -0.25) is 9.69 Å². The van der Waals surface area contributed by atoms with Gasteiger partial charge < -0.3 is 5.11 Å². The Kier molecular flexibility index (Phi) is 4.33. The van der Waals surface area contributed by atoms with Crippen molar-refractivity contribution in [1.82, 2.24) is 4.90 Å². The van der Waals surface area contributed by atoms with Gasteiger partial charge >= 0.3 is 5.97 Å². The molecule has 1 N–H and O–H groups in total. The van der Waals surface area contributed by atoms with Gasteiger partial charge in [-0.05, 0) is 25.9 Å². The van der Waals surface area contributed by atoms with E-state index >= 15 is 0 Å². The van der Waals surface area contributed by atoms with Crippen molar-refractivity contribution in [3.8, 4) is 0 Å². The zero-order valence-corrected chi connectivity index (χ0v) is 9.29. The molecule has 2 fully saturated rings. The van der Waals surface area contributed by atoms with Gasteiger partial charge in [-0.2, -0.15) is 0 Å². The SMILES string of the molecule is Cl.O=C(O)CN1CCC2(CC1)COOC2. The first-order chi connectivity index (χ1) is 6.70. The first kappa shape index (κ1) is 12.7. The lowest BCUT2D eigenvalue weighted by atomic mass is 9.80. The first-order valence-electron chi connectivity index (χ1n) is 4.89. The van der Waals surface area contributed by atoms with Crippen LogP contribution in [0.1, 0.15) is 12.8 Å². The van der Waals surface area contributed by atoms with E-state index in [-0.39, 0.29) is 24.4 Å². The molecule has 0 aromatic carbocycles. The minimum Gasteiger partial charge on any atom is -0.480 e. The molecule has 0 aromatic rings. The summed E-state index contributed by atoms with van der Waals surface area (Å²) in [5.74, 6) is -0.750. The Bertz CT molecular complexity index is 220. The smallest absolute Gasteiger partial charge is 0.317 e. The number of carbonyl (C=O) groups is 1. The molecule has 5 nitrogen and oxygen atoms in total. The molecular formula is C9H16ClNO4. The molecule has 0 aromatic heterocycles. The molecule has 0 amide bonds. The maximum Gasteiger partial charge on any atom is 0.317 e. The number of nitrogens with zero attached hydrogens (tertiary/aromatic N) is 1. The van der Waals surface area contributed by atoms with Gasteiger partial charge in [0.15, 0.2) is 0 Å². The second kappa shape index (κ2) is 5.12. The molecule has 15 heavy (non-hydrogen) atoms. The lowest BCUT2D eigenvalue weighted by molar-refractivity contribution is -0.248. The van der Waals surface area contributed by atoms with E-state index < -0.39 is 5.97 Å². The van der Waals surface area contributed by atoms with Gasteiger partial charge in [-0.15, -0.1) is 12.4 Å². The highest BCUT2D eigenvalue weighted by molar-refractivity contribution is 5.85. The van der Waals surface area contributed by atoms with Crippen molar-refractivity contribution < 1.29 is 19.7 Å². The summed E-state index contributed by atoms with van der Waals surface area (Å²) in [6.45, 7) is 3.14. The Labute approximate surface area is 94.7 Å². The van der Waals surface area contributed by atoms with Crippen molar-refractivity contribution in [2.24, 2.45) is 5.41 Å². The van der Waals surface area contributed by atoms with Crippen LogP contribution in [0.15, 0.2) is 0 Å². The Morgan fingerprint density at radius 2 is 1.80 bits per heavy atom. The second-order valence-electron chi connectivity index (χ2n) is 4.19. The predicted molar refractivity (Wildman–Crippen MR) is 54.9 cm³/mol. The highest BCUT2D eigenvalue weighted by atomic mass is 35.5. The zero-order chi connectivity index (χ0) is 10.0. The fourth-order valence-electron chi connectivity index (χ4n) is 2.04. The summed E-state index contributed by atoms with van der Waals surface area (Å²) in [4.78, 5) is 22.3. The van der Waals surface area contributed by atoms with Gasteiger partial charge in [-0.25, -0.2) is 9.78 Å². The predicted octanol–water partition coefficient (Wildman–Crippen LogP) is 0.537. The number of carboxylic acid groups (broad SMARTS) is 1. The van der Waals surface area contributed by atoms with E-state index in [0.717, 1.165) is 25.9 Å². The summed E-state index contributed by atoms with van der Waals surface area (Å²) in [6, 6.07) is 0. The highest BCUT2D eigenvalue weighted by Gasteiger charge is 2.39. The van der Waals surface area contributed by atoms with Crippen molar-refractivity contribution in [3.05, 3.63) is 0 Å². The number of aliphatic carboxylic acids is 1. The van der Waals surface area contributed by atoms with E-state index in [4.69, 9.17) is 14.9 Å². The maximum absolute atomic E-state index is 10.5. The van der Waals surface area contributed by atoms with Crippen molar-refractivity contribution in [1.29, 1.82) is 0 Å². The number of halogens is 1. The molecule has 2 aliphatic heterocycles. The number of hydrogen-bond donors (Lipinski definition) is 1. The molecule has 2 rings (SSSR count). The van der Waals surface area contributed by atoms with Crippen LogP contribution in [-0.4, -0.2) is 48.8 Å². The standard InChI is InChI=1S/C9H15NO4.ClH/c11-8(12)5-10-3-1-9(2-4-10)6-13-14-7-9;/h1-7H2,(H,11,12);1H. The van der Waals surface area contributed by atoms with Crippen molar-refractivity contribution in [2.45, 2.75) is 12.8 Å². The molecule has 0 unspecified atom stereocenters. The number of hydrogen-bond acceptors (Lipinski definition) is 4. The molecule has 88 valence electrons. The monoisotopic (exact) mass is 237 g/mol. The Morgan fingerprint density at radius 3 is 2.27 bits per heavy atom. The topological polar surface area (TPSA) is 59.0 Å². The van der Waals surface area contributed by atoms with Crippen LogP contribution in [0.4, 0.5) is 0 Å². The Morgan fingerprint density at radius 1 is 1.27 bits per heavy atom. The van der Waals surface area contributed by atoms with Crippen LogP contribution < -0.4 is 0 Å². The fourth-order valence-corrected chi connectivity index (χ4v) is 2.04. The van der Waals surface area contributed by atoms with Gasteiger partial charge in [0, 0.05) is 5.41 Å². The molecule has 1 spiro atoms. The third-order valence-corrected chi connectivity index (χ3v) is 3.09. The van der Waals surface area contributed by atoms with Crippen LogP contribution in [0.25, 0.3) is 0 Å². The average molecular weight is 238 g/mol. The summed E-state index contributed by atoms with van der Waals surface area (Å²) in [5.41, 5.74) is 0.162. The summed E-state index contributed by atoms with van der Waals surface area (Å²) in [5, 5.41) is 8.63. The fraction of sp³-hybridized carbons (Fsp3) is 0.889. The Balaban J connectivity index is 0.00000112. The van der Waals surface area contributed by atoms with Crippen LogP contribution >= 0.6 is 12.4 Å². The van der Waals surface area contributed by atoms with E-state index in [1.54, 1.807) is 0 Å². The number of piperidine rings is 1. The van der Waals surface area contributed by atoms with Gasteiger partial charge in [0.2, 0.25) is 0 Å². The lowest BCUT2D eigenvalue weighted by Gasteiger charge is -2.36. The van der Waals surface area contributed by atoms with Crippen molar-refractivity contribution in [2.75, 3.05) is 32.8 Å². The van der Waals surface area contributed by atoms with Crippen LogP contribution in [0.5, 0.6) is 0 Å². The normalized spacial score (nSPS) is 25.1. The highest BCUT2D eigenvalue weighted by Crippen LogP contribution is 2.35. The third kappa shape index (κ3) is 3.04. The second-order valence-corrected chi connectivity index (χ2v) is 4.19. The molecular weight excluding hydrogens is 222 g/mol. The minimum absolute atomic E-state index is 0. The molecule has 0 saturated carbocycles. The number of likely N-dealkylation sites (tertiary alicyclic amines) is 1. The van der Waals surface area contributed by atoms with Gasteiger partial charge in [0.25, 0.3) is 0 Å². The summed E-state index contributed by atoms with van der Waals surface area (Å²) < 4.78 is 0.